The molecule has 0 bridgehead atoms. The number of methoxy groups -OCH3 is 1. The number of piperazine rings is 1. The number of ether oxygens (including phenoxy) is 1. The number of halogens is 1. The van der Waals surface area contributed by atoms with Gasteiger partial charge < -0.3 is 4.74 Å². The summed E-state index contributed by atoms with van der Waals surface area (Å²) in [7, 11) is 1.73. The second-order valence-corrected chi connectivity index (χ2v) is 7.51. The quantitative estimate of drug-likeness (QED) is 0.600. The number of fused-ring (bicyclic) bond motifs is 1. The molecule has 0 aromatic heterocycles. The summed E-state index contributed by atoms with van der Waals surface area (Å²) in [5.41, 5.74) is 2.26. The molecule has 1 heterocycles. The van der Waals surface area contributed by atoms with Gasteiger partial charge in [0.1, 0.15) is 11.6 Å². The highest BCUT2D eigenvalue weighted by molar-refractivity contribution is 5.91. The van der Waals surface area contributed by atoms with Gasteiger partial charge in [-0.3, -0.25) is 9.80 Å². The van der Waals surface area contributed by atoms with Crippen molar-refractivity contribution in [3.8, 4) is 5.75 Å². The molecule has 0 atom stereocenters. The van der Waals surface area contributed by atoms with E-state index in [1.165, 1.54) is 22.4 Å². The summed E-state index contributed by atoms with van der Waals surface area (Å²) in [4.78, 5) is 4.96. The predicted molar refractivity (Wildman–Crippen MR) is 118 cm³/mol. The normalized spacial score (nSPS) is 15.9. The van der Waals surface area contributed by atoms with E-state index in [4.69, 9.17) is 4.74 Å². The van der Waals surface area contributed by atoms with Gasteiger partial charge in [0, 0.05) is 44.7 Å². The average molecular weight is 391 g/mol. The zero-order valence-electron chi connectivity index (χ0n) is 16.9. The molecule has 4 heteroatoms. The fourth-order valence-corrected chi connectivity index (χ4v) is 3.97. The molecule has 1 saturated heterocycles. The Hall–Kier alpha value is -2.69. The maximum Gasteiger partial charge on any atom is 0.126 e. The first-order valence-electron chi connectivity index (χ1n) is 10.1. The van der Waals surface area contributed by atoms with Crippen molar-refractivity contribution in [1.82, 2.24) is 9.80 Å². The van der Waals surface area contributed by atoms with Crippen molar-refractivity contribution in [3.05, 3.63) is 83.7 Å². The van der Waals surface area contributed by atoms with Crippen LogP contribution in [0.1, 0.15) is 11.1 Å². The number of benzene rings is 3. The maximum atomic E-state index is 13.3. The Kier molecular flexibility index (Phi) is 6.23. The molecular weight excluding hydrogens is 363 g/mol. The van der Waals surface area contributed by atoms with E-state index >= 15 is 0 Å². The van der Waals surface area contributed by atoms with Gasteiger partial charge in [0.25, 0.3) is 0 Å². The van der Waals surface area contributed by atoms with Gasteiger partial charge in [-0.2, -0.15) is 0 Å². The molecule has 4 rings (SSSR count). The van der Waals surface area contributed by atoms with Gasteiger partial charge in [0.15, 0.2) is 0 Å². The van der Waals surface area contributed by atoms with Crippen molar-refractivity contribution in [1.29, 1.82) is 0 Å². The van der Waals surface area contributed by atoms with Crippen LogP contribution in [-0.4, -0.2) is 49.6 Å². The lowest BCUT2D eigenvalue weighted by Gasteiger charge is -2.34. The number of rotatable bonds is 6. The van der Waals surface area contributed by atoms with Gasteiger partial charge in [0.2, 0.25) is 0 Å². The van der Waals surface area contributed by atoms with Crippen LogP contribution in [0.3, 0.4) is 0 Å². The van der Waals surface area contributed by atoms with E-state index in [-0.39, 0.29) is 5.82 Å². The molecule has 0 N–H and O–H groups in total. The van der Waals surface area contributed by atoms with Crippen molar-refractivity contribution in [2.45, 2.75) is 6.54 Å². The minimum atomic E-state index is -0.188. The number of hydrogen-bond donors (Lipinski definition) is 0. The van der Waals surface area contributed by atoms with Crippen LogP contribution in [-0.2, 0) is 6.54 Å². The minimum absolute atomic E-state index is 0.188. The summed E-state index contributed by atoms with van der Waals surface area (Å²) in [6, 6.07) is 19.4. The fourth-order valence-electron chi connectivity index (χ4n) is 3.97. The van der Waals surface area contributed by atoms with Crippen LogP contribution >= 0.6 is 0 Å². The van der Waals surface area contributed by atoms with Gasteiger partial charge >= 0.3 is 0 Å². The number of nitrogens with zero attached hydrogens (tertiary/aromatic N) is 2. The Balaban J connectivity index is 1.33. The summed E-state index contributed by atoms with van der Waals surface area (Å²) in [5.74, 6) is 0.742. The second-order valence-electron chi connectivity index (χ2n) is 7.51. The summed E-state index contributed by atoms with van der Waals surface area (Å²) in [6.07, 6.45) is 4.13. The van der Waals surface area contributed by atoms with E-state index in [1.54, 1.807) is 19.2 Å². The van der Waals surface area contributed by atoms with E-state index in [0.717, 1.165) is 50.6 Å². The van der Waals surface area contributed by atoms with Crippen molar-refractivity contribution in [2.75, 3.05) is 39.8 Å². The first kappa shape index (κ1) is 19.6. The largest absolute Gasteiger partial charge is 0.496 e. The maximum absolute atomic E-state index is 13.3. The lowest BCUT2D eigenvalue weighted by Crippen LogP contribution is -2.45. The van der Waals surface area contributed by atoms with E-state index in [9.17, 15) is 4.39 Å². The molecule has 29 heavy (non-hydrogen) atoms. The molecule has 0 unspecified atom stereocenters. The molecule has 0 spiro atoms. The van der Waals surface area contributed by atoms with Gasteiger partial charge in [-0.1, -0.05) is 54.6 Å². The average Bonchev–Trinajstić information content (AvgIpc) is 2.75. The van der Waals surface area contributed by atoms with Gasteiger partial charge in [-0.25, -0.2) is 4.39 Å². The van der Waals surface area contributed by atoms with Crippen LogP contribution in [0, 0.1) is 5.82 Å². The third kappa shape index (κ3) is 4.84. The summed E-state index contributed by atoms with van der Waals surface area (Å²) in [5, 5.41) is 2.45. The highest BCUT2D eigenvalue weighted by atomic mass is 19.1. The Morgan fingerprint density at radius 3 is 2.41 bits per heavy atom. The highest BCUT2D eigenvalue weighted by Gasteiger charge is 2.17. The standard InChI is InChI=1S/C25H27FN2O/c1-29-25-12-11-21(23-9-2-3-10-24(23)25)19-28-16-14-27(15-17-28)13-5-7-20-6-4-8-22(26)18-20/h2-12,18H,13-17,19H2,1H3/b7-5+. The summed E-state index contributed by atoms with van der Waals surface area (Å²) >= 11 is 0. The van der Waals surface area contributed by atoms with Crippen LogP contribution in [0.2, 0.25) is 0 Å². The molecule has 3 aromatic carbocycles. The zero-order chi connectivity index (χ0) is 20.1. The van der Waals surface area contributed by atoms with E-state index in [1.807, 2.05) is 12.1 Å². The van der Waals surface area contributed by atoms with E-state index in [2.05, 4.69) is 52.3 Å². The number of hydrogen-bond acceptors (Lipinski definition) is 3. The lowest BCUT2D eigenvalue weighted by molar-refractivity contribution is 0.137. The molecule has 0 radical (unpaired) electrons. The Morgan fingerprint density at radius 2 is 1.66 bits per heavy atom. The van der Waals surface area contributed by atoms with Crippen LogP contribution in [0.25, 0.3) is 16.8 Å². The van der Waals surface area contributed by atoms with Crippen molar-refractivity contribution in [2.24, 2.45) is 0 Å². The third-order valence-electron chi connectivity index (χ3n) is 5.58. The third-order valence-corrected chi connectivity index (χ3v) is 5.58. The first-order valence-corrected chi connectivity index (χ1v) is 10.1. The molecule has 1 aliphatic rings. The van der Waals surface area contributed by atoms with Gasteiger partial charge in [-0.05, 0) is 34.7 Å². The smallest absolute Gasteiger partial charge is 0.126 e. The summed E-state index contributed by atoms with van der Waals surface area (Å²) < 4.78 is 18.8. The molecule has 1 aliphatic heterocycles. The molecule has 150 valence electrons. The molecular formula is C25H27FN2O. The van der Waals surface area contributed by atoms with Crippen LogP contribution < -0.4 is 4.74 Å². The monoisotopic (exact) mass is 390 g/mol. The van der Waals surface area contributed by atoms with Crippen LogP contribution in [0.4, 0.5) is 4.39 Å². The lowest BCUT2D eigenvalue weighted by atomic mass is 10.0. The van der Waals surface area contributed by atoms with Crippen LogP contribution in [0.5, 0.6) is 5.75 Å². The fraction of sp³-hybridized carbons (Fsp3) is 0.280. The molecule has 0 aliphatic carbocycles. The highest BCUT2D eigenvalue weighted by Crippen LogP contribution is 2.29. The van der Waals surface area contributed by atoms with Crippen LogP contribution in [0.15, 0.2) is 66.7 Å². The predicted octanol–water partition coefficient (Wildman–Crippen LogP) is 4.82. The SMILES string of the molecule is COc1ccc(CN2CCN(C/C=C/c3cccc(F)c3)CC2)c2ccccc12. The van der Waals surface area contributed by atoms with Gasteiger partial charge in [-0.15, -0.1) is 0 Å². The van der Waals surface area contributed by atoms with Crippen molar-refractivity contribution < 1.29 is 9.13 Å². The van der Waals surface area contributed by atoms with Gasteiger partial charge in [0.05, 0.1) is 7.11 Å². The Bertz CT molecular complexity index is 993. The zero-order valence-corrected chi connectivity index (χ0v) is 16.9. The minimum Gasteiger partial charge on any atom is -0.496 e. The van der Waals surface area contributed by atoms with E-state index in [0.29, 0.717) is 0 Å². The van der Waals surface area contributed by atoms with Crippen molar-refractivity contribution >= 4 is 16.8 Å². The molecule has 1 fully saturated rings. The second kappa shape index (κ2) is 9.21. The van der Waals surface area contributed by atoms with Crippen molar-refractivity contribution in [3.63, 3.8) is 0 Å². The molecule has 0 amide bonds. The topological polar surface area (TPSA) is 15.7 Å². The molecule has 3 nitrogen and oxygen atoms in total. The van der Waals surface area contributed by atoms with E-state index < -0.39 is 0 Å². The first-order chi connectivity index (χ1) is 14.2. The Morgan fingerprint density at radius 1 is 0.897 bits per heavy atom. The molecule has 0 saturated carbocycles. The Labute approximate surface area is 172 Å². The molecule has 3 aromatic rings. The summed E-state index contributed by atoms with van der Waals surface area (Å²) in [6.45, 7) is 6.04.